The van der Waals surface area contributed by atoms with Gasteiger partial charge >= 0.3 is 0 Å². The number of aromatic nitrogens is 2. The molecule has 3 aliphatic rings. The lowest BCUT2D eigenvalue weighted by Gasteiger charge is -2.05. The molecule has 3 nitrogen and oxygen atoms in total. The molecule has 2 unspecified atom stereocenters. The molecule has 0 spiro atoms. The molecule has 1 saturated carbocycles. The predicted octanol–water partition coefficient (Wildman–Crippen LogP) is 1.98. The third-order valence-electron chi connectivity index (χ3n) is 4.30. The molecule has 1 N–H and O–H groups in total. The van der Waals surface area contributed by atoms with E-state index < -0.39 is 0 Å². The van der Waals surface area contributed by atoms with Crippen LogP contribution < -0.4 is 5.32 Å². The Morgan fingerprint density at radius 1 is 1.12 bits per heavy atom. The van der Waals surface area contributed by atoms with E-state index in [1.54, 1.807) is 0 Å². The average molecular weight is 227 g/mol. The minimum Gasteiger partial charge on any atom is -0.316 e. The van der Waals surface area contributed by atoms with E-state index in [9.17, 15) is 0 Å². The standard InChI is InChI=1S/C14H17N3/c1-2-9(1)13-7-16-14(17-8-13)10-3-11-5-15-6-12(11)4-10/h3,7-9,11-12,15H,1-2,4-6H2. The van der Waals surface area contributed by atoms with E-state index in [0.717, 1.165) is 43.1 Å². The van der Waals surface area contributed by atoms with E-state index in [0.29, 0.717) is 0 Å². The maximum atomic E-state index is 4.55. The summed E-state index contributed by atoms with van der Waals surface area (Å²) in [7, 11) is 0. The van der Waals surface area contributed by atoms with Crippen molar-refractivity contribution in [3.63, 3.8) is 0 Å². The Bertz CT molecular complexity index is 459. The first-order valence-corrected chi connectivity index (χ1v) is 6.64. The second kappa shape index (κ2) is 3.64. The van der Waals surface area contributed by atoms with Gasteiger partial charge in [0.25, 0.3) is 0 Å². The Balaban J connectivity index is 1.58. The van der Waals surface area contributed by atoms with Gasteiger partial charge in [-0.3, -0.25) is 0 Å². The monoisotopic (exact) mass is 227 g/mol. The van der Waals surface area contributed by atoms with Crippen LogP contribution in [0.15, 0.2) is 18.5 Å². The van der Waals surface area contributed by atoms with Gasteiger partial charge in [-0.15, -0.1) is 0 Å². The van der Waals surface area contributed by atoms with Crippen LogP contribution >= 0.6 is 0 Å². The second-order valence-corrected chi connectivity index (χ2v) is 5.59. The molecule has 2 fully saturated rings. The van der Waals surface area contributed by atoms with Gasteiger partial charge in [-0.2, -0.15) is 0 Å². The Labute approximate surface area is 101 Å². The molecular weight excluding hydrogens is 210 g/mol. The van der Waals surface area contributed by atoms with Crippen LogP contribution in [0.4, 0.5) is 0 Å². The molecule has 1 aromatic heterocycles. The summed E-state index contributed by atoms with van der Waals surface area (Å²) in [5, 5.41) is 3.44. The lowest BCUT2D eigenvalue weighted by Crippen LogP contribution is -2.09. The largest absolute Gasteiger partial charge is 0.316 e. The van der Waals surface area contributed by atoms with E-state index in [4.69, 9.17) is 0 Å². The Morgan fingerprint density at radius 2 is 1.94 bits per heavy atom. The van der Waals surface area contributed by atoms with E-state index in [1.807, 2.05) is 12.4 Å². The SMILES string of the molecule is C1=C(c2ncc(C3CC3)cn2)CC2CNCC12. The first kappa shape index (κ1) is 9.77. The molecule has 0 bridgehead atoms. The molecule has 3 heteroatoms. The smallest absolute Gasteiger partial charge is 0.154 e. The Kier molecular flexibility index (Phi) is 2.09. The van der Waals surface area contributed by atoms with E-state index in [1.165, 1.54) is 24.0 Å². The van der Waals surface area contributed by atoms with Crippen LogP contribution in [0.3, 0.4) is 0 Å². The minimum atomic E-state index is 0.719. The van der Waals surface area contributed by atoms with Gasteiger partial charge in [0, 0.05) is 18.9 Å². The van der Waals surface area contributed by atoms with Crippen LogP contribution in [0.1, 0.15) is 36.6 Å². The van der Waals surface area contributed by atoms with Gasteiger partial charge in [-0.05, 0) is 54.7 Å². The van der Waals surface area contributed by atoms with Crippen molar-refractivity contribution in [2.75, 3.05) is 13.1 Å². The van der Waals surface area contributed by atoms with E-state index in [-0.39, 0.29) is 0 Å². The van der Waals surface area contributed by atoms with Gasteiger partial charge in [0.1, 0.15) is 0 Å². The molecule has 1 saturated heterocycles. The van der Waals surface area contributed by atoms with Gasteiger partial charge in [0.15, 0.2) is 5.82 Å². The van der Waals surface area contributed by atoms with Gasteiger partial charge < -0.3 is 5.32 Å². The topological polar surface area (TPSA) is 37.8 Å². The number of nitrogens with zero attached hydrogens (tertiary/aromatic N) is 2. The molecule has 2 aliphatic carbocycles. The summed E-state index contributed by atoms with van der Waals surface area (Å²) in [5.41, 5.74) is 2.69. The number of nitrogens with one attached hydrogen (secondary N) is 1. The molecule has 4 rings (SSSR count). The van der Waals surface area contributed by atoms with Crippen molar-refractivity contribution >= 4 is 5.57 Å². The highest BCUT2D eigenvalue weighted by Crippen LogP contribution is 2.40. The quantitative estimate of drug-likeness (QED) is 0.839. The maximum Gasteiger partial charge on any atom is 0.154 e. The fraction of sp³-hybridized carbons (Fsp3) is 0.571. The van der Waals surface area contributed by atoms with Gasteiger partial charge in [0.2, 0.25) is 0 Å². The third-order valence-corrected chi connectivity index (χ3v) is 4.30. The van der Waals surface area contributed by atoms with Gasteiger partial charge in [-0.25, -0.2) is 9.97 Å². The van der Waals surface area contributed by atoms with Crippen molar-refractivity contribution in [3.05, 3.63) is 29.9 Å². The second-order valence-electron chi connectivity index (χ2n) is 5.59. The van der Waals surface area contributed by atoms with Crippen molar-refractivity contribution in [3.8, 4) is 0 Å². The lowest BCUT2D eigenvalue weighted by molar-refractivity contribution is 0.536. The number of rotatable bonds is 2. The number of fused-ring (bicyclic) bond motifs is 1. The molecule has 2 atom stereocenters. The minimum absolute atomic E-state index is 0.719. The van der Waals surface area contributed by atoms with Crippen LogP contribution in [-0.2, 0) is 0 Å². The molecule has 1 aromatic rings. The molecular formula is C14H17N3. The summed E-state index contributed by atoms with van der Waals surface area (Å²) >= 11 is 0. The molecule has 17 heavy (non-hydrogen) atoms. The highest BCUT2D eigenvalue weighted by atomic mass is 14.9. The molecule has 88 valence electrons. The molecule has 0 amide bonds. The van der Waals surface area contributed by atoms with Crippen molar-refractivity contribution in [2.45, 2.75) is 25.2 Å². The average Bonchev–Trinajstić information content (AvgIpc) is 2.98. The first-order chi connectivity index (χ1) is 8.40. The van der Waals surface area contributed by atoms with Crippen LogP contribution in [0.2, 0.25) is 0 Å². The van der Waals surface area contributed by atoms with E-state index >= 15 is 0 Å². The third kappa shape index (κ3) is 1.69. The summed E-state index contributed by atoms with van der Waals surface area (Å²) in [6.45, 7) is 2.29. The van der Waals surface area contributed by atoms with Crippen LogP contribution in [0.5, 0.6) is 0 Å². The highest BCUT2D eigenvalue weighted by Gasteiger charge is 2.32. The Hall–Kier alpha value is -1.22. The lowest BCUT2D eigenvalue weighted by atomic mass is 10.00. The summed E-state index contributed by atoms with van der Waals surface area (Å²) in [4.78, 5) is 9.10. The van der Waals surface area contributed by atoms with E-state index in [2.05, 4.69) is 21.4 Å². The molecule has 1 aliphatic heterocycles. The normalized spacial score (nSPS) is 31.4. The van der Waals surface area contributed by atoms with Crippen molar-refractivity contribution in [1.82, 2.24) is 15.3 Å². The fourth-order valence-electron chi connectivity index (χ4n) is 3.08. The van der Waals surface area contributed by atoms with Gasteiger partial charge in [0.05, 0.1) is 0 Å². The Morgan fingerprint density at radius 3 is 2.65 bits per heavy atom. The van der Waals surface area contributed by atoms with Crippen LogP contribution in [0, 0.1) is 11.8 Å². The first-order valence-electron chi connectivity index (χ1n) is 6.64. The predicted molar refractivity (Wildman–Crippen MR) is 66.5 cm³/mol. The van der Waals surface area contributed by atoms with Crippen molar-refractivity contribution in [2.24, 2.45) is 11.8 Å². The molecule has 0 aromatic carbocycles. The molecule has 0 radical (unpaired) electrons. The number of allylic oxidation sites excluding steroid dienone is 1. The zero-order valence-electron chi connectivity index (χ0n) is 9.89. The highest BCUT2D eigenvalue weighted by molar-refractivity contribution is 5.63. The molecule has 2 heterocycles. The number of hydrogen-bond acceptors (Lipinski definition) is 3. The zero-order valence-corrected chi connectivity index (χ0v) is 9.89. The van der Waals surface area contributed by atoms with Crippen molar-refractivity contribution < 1.29 is 0 Å². The van der Waals surface area contributed by atoms with Crippen LogP contribution in [-0.4, -0.2) is 23.1 Å². The summed E-state index contributed by atoms with van der Waals surface area (Å²) in [6, 6.07) is 0. The number of hydrogen-bond donors (Lipinski definition) is 1. The zero-order chi connectivity index (χ0) is 11.2. The van der Waals surface area contributed by atoms with Crippen molar-refractivity contribution in [1.29, 1.82) is 0 Å². The maximum absolute atomic E-state index is 4.55. The fourth-order valence-corrected chi connectivity index (χ4v) is 3.08. The summed E-state index contributed by atoms with van der Waals surface area (Å²) in [5.74, 6) is 3.22. The van der Waals surface area contributed by atoms with Gasteiger partial charge in [-0.1, -0.05) is 6.08 Å². The summed E-state index contributed by atoms with van der Waals surface area (Å²) < 4.78 is 0. The summed E-state index contributed by atoms with van der Waals surface area (Å²) in [6.07, 6.45) is 10.3. The van der Waals surface area contributed by atoms with Crippen LogP contribution in [0.25, 0.3) is 5.57 Å².